The Morgan fingerprint density at radius 1 is 0.941 bits per heavy atom. The Hall–Kier alpha value is -3.35. The van der Waals surface area contributed by atoms with Gasteiger partial charge in [0.1, 0.15) is 5.75 Å². The van der Waals surface area contributed by atoms with E-state index >= 15 is 0 Å². The second-order valence-corrected chi connectivity index (χ2v) is 8.58. The molecule has 0 radical (unpaired) electrons. The number of benzene rings is 3. The molecule has 0 aliphatic carbocycles. The number of carbonyl (C=O) groups is 1. The number of hydrogen-bond donors (Lipinski definition) is 1. The number of rotatable bonds is 9. The van der Waals surface area contributed by atoms with Crippen LogP contribution in [0, 0.1) is 0 Å². The Morgan fingerprint density at radius 3 is 2.35 bits per heavy atom. The molecule has 1 aliphatic heterocycles. The maximum Gasteiger partial charge on any atom is 0.224 e. The lowest BCUT2D eigenvalue weighted by molar-refractivity contribution is -0.132. The average Bonchev–Trinajstić information content (AvgIpc) is 2.86. The SMILES string of the molecule is COc1ccc2c(c1)CN(Cc1ccccc1)C(=O)CCN2C[C@@H](O)COCc1ccccc1. The maximum atomic E-state index is 13.1. The first-order valence-corrected chi connectivity index (χ1v) is 11.7. The average molecular weight is 461 g/mol. The molecular formula is C28H32N2O4. The van der Waals surface area contributed by atoms with Crippen LogP contribution in [0.2, 0.25) is 0 Å². The van der Waals surface area contributed by atoms with Crippen molar-refractivity contribution in [1.82, 2.24) is 4.90 Å². The van der Waals surface area contributed by atoms with E-state index in [0.717, 1.165) is 28.1 Å². The zero-order valence-corrected chi connectivity index (χ0v) is 19.6. The Labute approximate surface area is 201 Å². The molecule has 1 atom stereocenters. The van der Waals surface area contributed by atoms with E-state index in [9.17, 15) is 9.90 Å². The molecule has 0 unspecified atom stereocenters. The minimum atomic E-state index is -0.673. The zero-order valence-electron chi connectivity index (χ0n) is 19.6. The Morgan fingerprint density at radius 2 is 1.65 bits per heavy atom. The highest BCUT2D eigenvalue weighted by molar-refractivity contribution is 5.78. The van der Waals surface area contributed by atoms with Crippen LogP contribution in [0.5, 0.6) is 5.75 Å². The van der Waals surface area contributed by atoms with Crippen molar-refractivity contribution in [2.24, 2.45) is 0 Å². The van der Waals surface area contributed by atoms with Crippen LogP contribution in [0.1, 0.15) is 23.1 Å². The smallest absolute Gasteiger partial charge is 0.224 e. The lowest BCUT2D eigenvalue weighted by Gasteiger charge is -2.34. The number of amides is 1. The molecule has 178 valence electrons. The van der Waals surface area contributed by atoms with Crippen LogP contribution in [-0.4, -0.2) is 48.8 Å². The summed E-state index contributed by atoms with van der Waals surface area (Å²) >= 11 is 0. The number of hydrogen-bond acceptors (Lipinski definition) is 5. The summed E-state index contributed by atoms with van der Waals surface area (Å²) in [6.07, 6.45) is -0.288. The van der Waals surface area contributed by atoms with Crippen LogP contribution in [0.4, 0.5) is 5.69 Å². The molecule has 3 aromatic carbocycles. The molecule has 0 bridgehead atoms. The normalized spacial score (nSPS) is 14.8. The third-order valence-electron chi connectivity index (χ3n) is 6.01. The quantitative estimate of drug-likeness (QED) is 0.523. The van der Waals surface area contributed by atoms with E-state index in [1.54, 1.807) is 7.11 Å². The highest BCUT2D eigenvalue weighted by Crippen LogP contribution is 2.30. The van der Waals surface area contributed by atoms with Gasteiger partial charge in [-0.25, -0.2) is 0 Å². The standard InChI is InChI=1S/C28H32N2O4/c1-33-26-12-13-27-24(16-26)18-30(17-22-8-4-2-5-9-22)28(32)14-15-29(27)19-25(31)21-34-20-23-10-6-3-7-11-23/h2-13,16,25,31H,14-15,17-21H2,1H3/t25-/m1/s1. The Kier molecular flexibility index (Phi) is 8.17. The van der Waals surface area contributed by atoms with Gasteiger partial charge >= 0.3 is 0 Å². The van der Waals surface area contributed by atoms with Crippen LogP contribution in [0.15, 0.2) is 78.9 Å². The van der Waals surface area contributed by atoms with E-state index in [4.69, 9.17) is 9.47 Å². The molecule has 0 saturated carbocycles. The predicted octanol–water partition coefficient (Wildman–Crippen LogP) is 4.01. The summed E-state index contributed by atoms with van der Waals surface area (Å²) in [5, 5.41) is 10.7. The van der Waals surface area contributed by atoms with E-state index in [2.05, 4.69) is 4.90 Å². The summed E-state index contributed by atoms with van der Waals surface area (Å²) in [6.45, 7) is 2.65. The van der Waals surface area contributed by atoms with Gasteiger partial charge in [0.25, 0.3) is 0 Å². The Balaban J connectivity index is 1.46. The molecule has 3 aromatic rings. The van der Waals surface area contributed by atoms with Crippen molar-refractivity contribution in [3.05, 3.63) is 95.6 Å². The molecule has 4 rings (SSSR count). The largest absolute Gasteiger partial charge is 0.497 e. The van der Waals surface area contributed by atoms with Gasteiger partial charge in [0.15, 0.2) is 0 Å². The molecule has 1 heterocycles. The molecule has 0 spiro atoms. The highest BCUT2D eigenvalue weighted by Gasteiger charge is 2.24. The number of anilines is 1. The van der Waals surface area contributed by atoms with Gasteiger partial charge in [-0.05, 0) is 34.9 Å². The van der Waals surface area contributed by atoms with E-state index in [-0.39, 0.29) is 12.5 Å². The maximum absolute atomic E-state index is 13.1. The number of aliphatic hydroxyl groups excluding tert-OH is 1. The van der Waals surface area contributed by atoms with Gasteiger partial charge in [-0.3, -0.25) is 4.79 Å². The fraction of sp³-hybridized carbons (Fsp3) is 0.321. The van der Waals surface area contributed by atoms with Crippen molar-refractivity contribution in [2.45, 2.75) is 32.2 Å². The van der Waals surface area contributed by atoms with Crippen molar-refractivity contribution >= 4 is 11.6 Å². The minimum Gasteiger partial charge on any atom is -0.497 e. The van der Waals surface area contributed by atoms with Crippen LogP contribution < -0.4 is 9.64 Å². The van der Waals surface area contributed by atoms with Gasteiger partial charge in [0.05, 0.1) is 26.4 Å². The van der Waals surface area contributed by atoms with Crippen LogP contribution in [-0.2, 0) is 29.2 Å². The summed E-state index contributed by atoms with van der Waals surface area (Å²) in [6, 6.07) is 25.9. The van der Waals surface area contributed by atoms with E-state index < -0.39 is 6.10 Å². The summed E-state index contributed by atoms with van der Waals surface area (Å²) in [4.78, 5) is 17.1. The lowest BCUT2D eigenvalue weighted by Crippen LogP contribution is -2.41. The van der Waals surface area contributed by atoms with Crippen molar-refractivity contribution in [2.75, 3.05) is 31.7 Å². The molecular weight excluding hydrogens is 428 g/mol. The minimum absolute atomic E-state index is 0.0946. The molecule has 0 aromatic heterocycles. The number of aliphatic hydroxyl groups is 1. The molecule has 1 N–H and O–H groups in total. The first kappa shape index (κ1) is 23.8. The van der Waals surface area contributed by atoms with E-state index in [1.165, 1.54) is 0 Å². The van der Waals surface area contributed by atoms with Gasteiger partial charge in [0.2, 0.25) is 5.91 Å². The summed E-state index contributed by atoms with van der Waals surface area (Å²) < 4.78 is 11.2. The fourth-order valence-electron chi connectivity index (χ4n) is 4.26. The first-order chi connectivity index (χ1) is 16.6. The monoisotopic (exact) mass is 460 g/mol. The number of ether oxygens (including phenoxy) is 2. The molecule has 1 amide bonds. The van der Waals surface area contributed by atoms with Gasteiger partial charge in [-0.2, -0.15) is 0 Å². The number of nitrogens with zero attached hydrogens (tertiary/aromatic N) is 2. The summed E-state index contributed by atoms with van der Waals surface area (Å²) in [7, 11) is 1.64. The molecule has 34 heavy (non-hydrogen) atoms. The fourth-order valence-corrected chi connectivity index (χ4v) is 4.26. The number of carbonyl (C=O) groups excluding carboxylic acids is 1. The van der Waals surface area contributed by atoms with Crippen LogP contribution in [0.25, 0.3) is 0 Å². The highest BCUT2D eigenvalue weighted by atomic mass is 16.5. The van der Waals surface area contributed by atoms with E-state index in [1.807, 2.05) is 83.8 Å². The molecule has 0 saturated heterocycles. The van der Waals surface area contributed by atoms with Crippen molar-refractivity contribution in [3.8, 4) is 5.75 Å². The van der Waals surface area contributed by atoms with Gasteiger partial charge in [-0.15, -0.1) is 0 Å². The third-order valence-corrected chi connectivity index (χ3v) is 6.01. The van der Waals surface area contributed by atoms with Gasteiger partial charge < -0.3 is 24.4 Å². The summed E-state index contributed by atoms with van der Waals surface area (Å²) in [5.74, 6) is 0.843. The zero-order chi connectivity index (χ0) is 23.8. The predicted molar refractivity (Wildman–Crippen MR) is 133 cm³/mol. The third kappa shape index (κ3) is 6.37. The van der Waals surface area contributed by atoms with Crippen molar-refractivity contribution in [1.29, 1.82) is 0 Å². The second-order valence-electron chi connectivity index (χ2n) is 8.58. The molecule has 6 nitrogen and oxygen atoms in total. The van der Waals surface area contributed by atoms with Crippen molar-refractivity contribution < 1.29 is 19.4 Å². The van der Waals surface area contributed by atoms with Crippen molar-refractivity contribution in [3.63, 3.8) is 0 Å². The number of fused-ring (bicyclic) bond motifs is 1. The van der Waals surface area contributed by atoms with Gasteiger partial charge in [0, 0.05) is 38.3 Å². The van der Waals surface area contributed by atoms with Crippen LogP contribution in [0.3, 0.4) is 0 Å². The first-order valence-electron chi connectivity index (χ1n) is 11.7. The molecule has 0 fully saturated rings. The number of methoxy groups -OCH3 is 1. The van der Waals surface area contributed by atoms with Gasteiger partial charge in [-0.1, -0.05) is 60.7 Å². The second kappa shape index (κ2) is 11.7. The summed E-state index contributed by atoms with van der Waals surface area (Å²) in [5.41, 5.74) is 4.18. The molecule has 1 aliphatic rings. The topological polar surface area (TPSA) is 62.2 Å². The van der Waals surface area contributed by atoms with Crippen LogP contribution >= 0.6 is 0 Å². The Bertz CT molecular complexity index is 1060. The lowest BCUT2D eigenvalue weighted by atomic mass is 10.1. The number of β-amino-alcohol motifs (C(OH)–C–C–N with tert-alkyl or cyclic N) is 1. The van der Waals surface area contributed by atoms with E-state index in [0.29, 0.717) is 39.2 Å². The molecule has 6 heteroatoms.